The van der Waals surface area contributed by atoms with Crippen LogP contribution in [-0.2, 0) is 4.74 Å². The van der Waals surface area contributed by atoms with Crippen molar-refractivity contribution in [3.05, 3.63) is 53.6 Å². The molecule has 184 valence electrons. The van der Waals surface area contributed by atoms with Crippen LogP contribution in [0.5, 0.6) is 5.75 Å². The van der Waals surface area contributed by atoms with Gasteiger partial charge in [0.2, 0.25) is 0 Å². The van der Waals surface area contributed by atoms with Crippen LogP contribution in [0.25, 0.3) is 11.1 Å². The van der Waals surface area contributed by atoms with Crippen LogP contribution >= 0.6 is 0 Å². The number of carbonyl (C=O) groups excluding carboxylic acids is 1. The molecule has 0 spiro atoms. The first-order valence-electron chi connectivity index (χ1n) is 11.8. The van der Waals surface area contributed by atoms with Crippen molar-refractivity contribution < 1.29 is 27.4 Å². The molecule has 34 heavy (non-hydrogen) atoms. The summed E-state index contributed by atoms with van der Waals surface area (Å²) in [6, 6.07) is 11.7. The van der Waals surface area contributed by atoms with Gasteiger partial charge in [0.1, 0.15) is 5.75 Å². The fraction of sp³-hybridized carbons (Fsp3) is 0.500. The van der Waals surface area contributed by atoms with Gasteiger partial charge in [-0.25, -0.2) is 0 Å². The first-order valence-corrected chi connectivity index (χ1v) is 11.8. The van der Waals surface area contributed by atoms with Crippen molar-refractivity contribution in [2.75, 3.05) is 26.2 Å². The number of halogens is 3. The topological polar surface area (TPSA) is 42.0 Å². The van der Waals surface area contributed by atoms with E-state index in [1.165, 1.54) is 12.1 Å². The van der Waals surface area contributed by atoms with E-state index in [9.17, 15) is 18.0 Å². The molecule has 4 rings (SSSR count). The van der Waals surface area contributed by atoms with Crippen LogP contribution in [0.15, 0.2) is 42.5 Å². The largest absolute Gasteiger partial charge is 0.573 e. The molecule has 0 N–H and O–H groups in total. The van der Waals surface area contributed by atoms with E-state index >= 15 is 0 Å². The average Bonchev–Trinajstić information content (AvgIpc) is 2.78. The van der Waals surface area contributed by atoms with Gasteiger partial charge in [-0.2, -0.15) is 0 Å². The smallest absolute Gasteiger partial charge is 0.406 e. The van der Waals surface area contributed by atoms with Crippen LogP contribution in [0, 0.1) is 6.92 Å². The fourth-order valence-corrected chi connectivity index (χ4v) is 5.14. The summed E-state index contributed by atoms with van der Waals surface area (Å²) in [5, 5.41) is 0. The van der Waals surface area contributed by atoms with E-state index < -0.39 is 6.36 Å². The highest BCUT2D eigenvalue weighted by molar-refractivity contribution is 5.97. The Balaban J connectivity index is 1.43. The Morgan fingerprint density at radius 2 is 1.62 bits per heavy atom. The molecule has 2 saturated heterocycles. The maximum absolute atomic E-state index is 13.3. The molecule has 8 heteroatoms. The van der Waals surface area contributed by atoms with Gasteiger partial charge in [0.15, 0.2) is 0 Å². The van der Waals surface area contributed by atoms with Gasteiger partial charge >= 0.3 is 6.36 Å². The molecule has 2 aliphatic heterocycles. The molecule has 1 amide bonds. The summed E-state index contributed by atoms with van der Waals surface area (Å²) in [6.45, 7) is 9.36. The molecule has 2 unspecified atom stereocenters. The number of rotatable bonds is 4. The minimum absolute atomic E-state index is 0.00135. The van der Waals surface area contributed by atoms with Gasteiger partial charge in [0.25, 0.3) is 5.91 Å². The monoisotopic (exact) mass is 476 g/mol. The summed E-state index contributed by atoms with van der Waals surface area (Å²) in [4.78, 5) is 17.8. The Labute approximate surface area is 198 Å². The number of carbonyl (C=O) groups is 1. The molecule has 2 atom stereocenters. The van der Waals surface area contributed by atoms with E-state index in [0.29, 0.717) is 24.7 Å². The van der Waals surface area contributed by atoms with Crippen molar-refractivity contribution in [3.63, 3.8) is 0 Å². The van der Waals surface area contributed by atoms with E-state index in [4.69, 9.17) is 4.74 Å². The molecule has 0 bridgehead atoms. The quantitative estimate of drug-likeness (QED) is 0.603. The minimum Gasteiger partial charge on any atom is -0.406 e. The summed E-state index contributed by atoms with van der Waals surface area (Å²) in [7, 11) is 0. The Morgan fingerprint density at radius 1 is 1.00 bits per heavy atom. The summed E-state index contributed by atoms with van der Waals surface area (Å²) >= 11 is 0. The zero-order valence-electron chi connectivity index (χ0n) is 19.8. The van der Waals surface area contributed by atoms with Crippen molar-refractivity contribution in [3.8, 4) is 16.9 Å². The Bertz CT molecular complexity index is 991. The summed E-state index contributed by atoms with van der Waals surface area (Å²) < 4.78 is 47.1. The predicted molar refractivity (Wildman–Crippen MR) is 124 cm³/mol. The van der Waals surface area contributed by atoms with Crippen LogP contribution in [0.3, 0.4) is 0 Å². The standard InChI is InChI=1S/C26H31F3N2O3/c1-17-15-31(16-18(2)33-17)21-11-13-30(14-12-21)25(32)24-6-4-5-23(19(24)3)20-7-9-22(10-8-20)34-26(27,28)29/h4-10,17-18,21H,11-16H2,1-3H3. The van der Waals surface area contributed by atoms with Gasteiger partial charge < -0.3 is 14.4 Å². The molecule has 0 aliphatic carbocycles. The van der Waals surface area contributed by atoms with Crippen LogP contribution < -0.4 is 4.74 Å². The zero-order chi connectivity index (χ0) is 24.5. The summed E-state index contributed by atoms with van der Waals surface area (Å²) in [5.41, 5.74) is 2.99. The lowest BCUT2D eigenvalue weighted by Gasteiger charge is -2.43. The lowest BCUT2D eigenvalue weighted by Crippen LogP contribution is -2.53. The Kier molecular flexibility index (Phi) is 7.19. The van der Waals surface area contributed by atoms with Gasteiger partial charge in [-0.3, -0.25) is 9.69 Å². The van der Waals surface area contributed by atoms with Crippen molar-refractivity contribution in [2.24, 2.45) is 0 Å². The van der Waals surface area contributed by atoms with Crippen molar-refractivity contribution in [2.45, 2.75) is 58.2 Å². The van der Waals surface area contributed by atoms with Crippen LogP contribution in [0.1, 0.15) is 42.6 Å². The van der Waals surface area contributed by atoms with Crippen LogP contribution in [0.4, 0.5) is 13.2 Å². The molecule has 0 radical (unpaired) electrons. The number of alkyl halides is 3. The number of piperidine rings is 1. The second-order valence-corrected chi connectivity index (χ2v) is 9.28. The highest BCUT2D eigenvalue weighted by atomic mass is 19.4. The molecule has 2 aromatic rings. The molecule has 2 aromatic carbocycles. The molecular weight excluding hydrogens is 445 g/mol. The molecule has 0 aromatic heterocycles. The average molecular weight is 477 g/mol. The number of likely N-dealkylation sites (tertiary alicyclic amines) is 1. The maximum atomic E-state index is 13.3. The first-order chi connectivity index (χ1) is 16.1. The van der Waals surface area contributed by atoms with Crippen LogP contribution in [0.2, 0.25) is 0 Å². The number of hydrogen-bond donors (Lipinski definition) is 0. The lowest BCUT2D eigenvalue weighted by atomic mass is 9.94. The van der Waals surface area contributed by atoms with Gasteiger partial charge in [0.05, 0.1) is 12.2 Å². The maximum Gasteiger partial charge on any atom is 0.573 e. The highest BCUT2D eigenvalue weighted by Gasteiger charge is 2.33. The predicted octanol–water partition coefficient (Wildman–Crippen LogP) is 5.27. The van der Waals surface area contributed by atoms with Crippen molar-refractivity contribution >= 4 is 5.91 Å². The van der Waals surface area contributed by atoms with E-state index in [-0.39, 0.29) is 23.9 Å². The number of amides is 1. The van der Waals surface area contributed by atoms with E-state index in [1.54, 1.807) is 12.1 Å². The van der Waals surface area contributed by atoms with Gasteiger partial charge in [-0.05, 0) is 68.5 Å². The number of morpholine rings is 1. The Hall–Kier alpha value is -2.58. The minimum atomic E-state index is -4.73. The van der Waals surface area contributed by atoms with E-state index in [1.807, 2.05) is 30.0 Å². The summed E-state index contributed by atoms with van der Waals surface area (Å²) in [5.74, 6) is -0.272. The van der Waals surface area contributed by atoms with Crippen molar-refractivity contribution in [1.82, 2.24) is 9.80 Å². The fourth-order valence-electron chi connectivity index (χ4n) is 5.14. The highest BCUT2D eigenvalue weighted by Crippen LogP contribution is 2.30. The van der Waals surface area contributed by atoms with Crippen LogP contribution in [-0.4, -0.2) is 66.5 Å². The third-order valence-electron chi connectivity index (χ3n) is 6.68. The number of ether oxygens (including phenoxy) is 2. The third kappa shape index (κ3) is 5.73. The lowest BCUT2D eigenvalue weighted by molar-refractivity contribution is -0.274. The number of nitrogens with zero attached hydrogens (tertiary/aromatic N) is 2. The zero-order valence-corrected chi connectivity index (χ0v) is 19.8. The molecule has 5 nitrogen and oxygen atoms in total. The second-order valence-electron chi connectivity index (χ2n) is 9.28. The van der Waals surface area contributed by atoms with E-state index in [0.717, 1.165) is 42.6 Å². The molecule has 2 heterocycles. The summed E-state index contributed by atoms with van der Waals surface area (Å²) in [6.07, 6.45) is -2.41. The van der Waals surface area contributed by atoms with Gasteiger partial charge in [-0.15, -0.1) is 13.2 Å². The number of benzene rings is 2. The van der Waals surface area contributed by atoms with Gasteiger partial charge in [0, 0.05) is 37.8 Å². The second kappa shape index (κ2) is 9.96. The third-order valence-corrected chi connectivity index (χ3v) is 6.68. The molecule has 0 saturated carbocycles. The van der Waals surface area contributed by atoms with E-state index in [2.05, 4.69) is 23.5 Å². The molecule has 2 aliphatic rings. The van der Waals surface area contributed by atoms with Crippen molar-refractivity contribution in [1.29, 1.82) is 0 Å². The molecular formula is C26H31F3N2O3. The molecule has 2 fully saturated rings. The number of hydrogen-bond acceptors (Lipinski definition) is 4. The first kappa shape index (κ1) is 24.5. The van der Waals surface area contributed by atoms with Gasteiger partial charge in [-0.1, -0.05) is 24.3 Å². The SMILES string of the molecule is Cc1c(C(=O)N2CCC(N3CC(C)OC(C)C3)CC2)cccc1-c1ccc(OC(F)(F)F)cc1. The Morgan fingerprint density at radius 3 is 2.21 bits per heavy atom. The normalized spacial score (nSPS) is 22.6.